The molecule has 0 radical (unpaired) electrons. The van der Waals surface area contributed by atoms with E-state index in [0.29, 0.717) is 30.2 Å². The molecule has 2 aromatic heterocycles. The largest absolute Gasteiger partial charge is 0.382 e. The van der Waals surface area contributed by atoms with Gasteiger partial charge in [0.05, 0.1) is 37.7 Å². The number of nitrogen functional groups attached to an aromatic ring is 1. The summed E-state index contributed by atoms with van der Waals surface area (Å²) < 4.78 is 13.4. The van der Waals surface area contributed by atoms with E-state index in [1.165, 1.54) is 6.33 Å². The topological polar surface area (TPSA) is 137 Å². The molecule has 10 nitrogen and oxygen atoms in total. The number of nitrogens with two attached hydrogens (primary N) is 1. The second kappa shape index (κ2) is 4.55. The second-order valence-electron chi connectivity index (χ2n) is 5.02. The van der Waals surface area contributed by atoms with Crippen molar-refractivity contribution < 1.29 is 9.47 Å². The summed E-state index contributed by atoms with van der Waals surface area (Å²) in [6.07, 6.45) is 2.65. The highest BCUT2D eigenvalue weighted by molar-refractivity contribution is 5.81. The first-order chi connectivity index (χ1) is 10.3. The Bertz CT molecular complexity index is 739. The van der Waals surface area contributed by atoms with Crippen LogP contribution in [-0.2, 0) is 9.47 Å². The Kier molecular flexibility index (Phi) is 2.67. The minimum atomic E-state index is -0.292. The van der Waals surface area contributed by atoms with Crippen molar-refractivity contribution in [2.24, 2.45) is 5.11 Å². The Morgan fingerprint density at radius 1 is 1.29 bits per heavy atom. The van der Waals surface area contributed by atoms with E-state index in [1.807, 2.05) is 4.57 Å². The summed E-state index contributed by atoms with van der Waals surface area (Å²) >= 11 is 0. The quantitative estimate of drug-likeness (QED) is 0.483. The third-order valence-electron chi connectivity index (χ3n) is 3.95. The lowest BCUT2D eigenvalue weighted by Gasteiger charge is -2.17. The molecule has 4 heterocycles. The van der Waals surface area contributed by atoms with Crippen molar-refractivity contribution >= 4 is 17.0 Å². The standard InChI is InChI=1S/C11H12N8O2/c12-10-7-11(15-3-14-10)19(4-16-7)6-2-21-8-5(17-18-13)1-20-9(6)8/h3-6,8-9H,1-2H2,(H2,12,14,15)/t5-,6+,8?,9?/m0/s1. The van der Waals surface area contributed by atoms with Crippen molar-refractivity contribution in [2.75, 3.05) is 18.9 Å². The average molecular weight is 288 g/mol. The number of fused-ring (bicyclic) bond motifs is 2. The highest BCUT2D eigenvalue weighted by Gasteiger charge is 2.48. The van der Waals surface area contributed by atoms with Gasteiger partial charge in [-0.15, -0.1) is 0 Å². The third kappa shape index (κ3) is 1.74. The minimum Gasteiger partial charge on any atom is -0.382 e. The number of hydrogen-bond acceptors (Lipinski definition) is 7. The first-order valence-electron chi connectivity index (χ1n) is 6.50. The molecule has 2 aliphatic rings. The molecule has 21 heavy (non-hydrogen) atoms. The van der Waals surface area contributed by atoms with Gasteiger partial charge in [0.25, 0.3) is 0 Å². The van der Waals surface area contributed by atoms with Gasteiger partial charge in [-0.05, 0) is 5.53 Å². The zero-order chi connectivity index (χ0) is 14.4. The zero-order valence-electron chi connectivity index (χ0n) is 10.9. The van der Waals surface area contributed by atoms with Gasteiger partial charge in [0.2, 0.25) is 0 Å². The number of azide groups is 1. The van der Waals surface area contributed by atoms with Crippen LogP contribution >= 0.6 is 0 Å². The molecule has 2 fully saturated rings. The highest BCUT2D eigenvalue weighted by Crippen LogP contribution is 2.36. The lowest BCUT2D eigenvalue weighted by atomic mass is 10.1. The Labute approximate surface area is 118 Å². The van der Waals surface area contributed by atoms with Crippen molar-refractivity contribution in [3.63, 3.8) is 0 Å². The van der Waals surface area contributed by atoms with Crippen LogP contribution in [0.4, 0.5) is 5.82 Å². The molecule has 2 N–H and O–H groups in total. The maximum atomic E-state index is 8.57. The van der Waals surface area contributed by atoms with Crippen LogP contribution < -0.4 is 5.73 Å². The molecule has 0 spiro atoms. The molecule has 0 amide bonds. The number of ether oxygens (including phenoxy) is 2. The number of rotatable bonds is 2. The predicted molar refractivity (Wildman–Crippen MR) is 71.2 cm³/mol. The molecule has 10 heteroatoms. The summed E-state index contributed by atoms with van der Waals surface area (Å²) in [5.74, 6) is 0.341. The van der Waals surface area contributed by atoms with E-state index in [4.69, 9.17) is 20.7 Å². The Morgan fingerprint density at radius 3 is 3.00 bits per heavy atom. The van der Waals surface area contributed by atoms with Gasteiger partial charge in [0.15, 0.2) is 11.5 Å². The molecule has 0 aliphatic carbocycles. The van der Waals surface area contributed by atoms with Crippen LogP contribution in [0.3, 0.4) is 0 Å². The first-order valence-corrected chi connectivity index (χ1v) is 6.50. The maximum Gasteiger partial charge on any atom is 0.165 e. The number of imidazole rings is 1. The van der Waals surface area contributed by atoms with E-state index in [9.17, 15) is 0 Å². The monoisotopic (exact) mass is 288 g/mol. The van der Waals surface area contributed by atoms with Crippen molar-refractivity contribution in [3.05, 3.63) is 23.1 Å². The van der Waals surface area contributed by atoms with Crippen LogP contribution in [-0.4, -0.2) is 51.0 Å². The van der Waals surface area contributed by atoms with Crippen molar-refractivity contribution in [2.45, 2.75) is 24.3 Å². The molecule has 0 aromatic carbocycles. The van der Waals surface area contributed by atoms with Gasteiger partial charge >= 0.3 is 0 Å². The van der Waals surface area contributed by atoms with Gasteiger partial charge in [-0.1, -0.05) is 5.11 Å². The summed E-state index contributed by atoms with van der Waals surface area (Å²) in [4.78, 5) is 15.2. The maximum absolute atomic E-state index is 8.57. The van der Waals surface area contributed by atoms with E-state index < -0.39 is 0 Å². The number of aromatic nitrogens is 4. The normalized spacial score (nSPS) is 31.2. The summed E-state index contributed by atoms with van der Waals surface area (Å²) in [6, 6.07) is -0.368. The molecule has 2 unspecified atom stereocenters. The van der Waals surface area contributed by atoms with E-state index >= 15 is 0 Å². The lowest BCUT2D eigenvalue weighted by Crippen LogP contribution is -2.29. The molecule has 2 saturated heterocycles. The van der Waals surface area contributed by atoms with Gasteiger partial charge in [0.1, 0.15) is 17.9 Å². The molecule has 4 rings (SSSR count). The highest BCUT2D eigenvalue weighted by atomic mass is 16.6. The van der Waals surface area contributed by atoms with Crippen molar-refractivity contribution in [3.8, 4) is 0 Å². The van der Waals surface area contributed by atoms with Crippen molar-refractivity contribution in [1.29, 1.82) is 0 Å². The molecule has 2 aromatic rings. The first kappa shape index (κ1) is 12.3. The molecular weight excluding hydrogens is 276 g/mol. The Morgan fingerprint density at radius 2 is 2.14 bits per heavy atom. The molecule has 0 bridgehead atoms. The minimum absolute atomic E-state index is 0.0757. The average Bonchev–Trinajstić information content (AvgIpc) is 3.15. The summed E-state index contributed by atoms with van der Waals surface area (Å²) in [5.41, 5.74) is 15.6. The fourth-order valence-corrected chi connectivity index (χ4v) is 2.98. The molecule has 4 atom stereocenters. The SMILES string of the molecule is [N-]=[N+]=N[C@H]1COC2C1OC[C@H]2n1cnc2c(N)ncnc21. The van der Waals surface area contributed by atoms with Crippen LogP contribution in [0.15, 0.2) is 17.8 Å². The summed E-state index contributed by atoms with van der Waals surface area (Å²) in [5, 5.41) is 3.72. The van der Waals surface area contributed by atoms with Gasteiger partial charge in [-0.2, -0.15) is 0 Å². The summed E-state index contributed by atoms with van der Waals surface area (Å²) in [7, 11) is 0. The van der Waals surface area contributed by atoms with Crippen LogP contribution in [0.5, 0.6) is 0 Å². The fraction of sp³-hybridized carbons (Fsp3) is 0.545. The van der Waals surface area contributed by atoms with Crippen LogP contribution in [0.25, 0.3) is 21.6 Å². The van der Waals surface area contributed by atoms with Crippen LogP contribution in [0, 0.1) is 0 Å². The lowest BCUT2D eigenvalue weighted by molar-refractivity contribution is 0.0646. The summed E-state index contributed by atoms with van der Waals surface area (Å²) in [6.45, 7) is 0.807. The molecular formula is C11H12N8O2. The fourth-order valence-electron chi connectivity index (χ4n) is 2.98. The molecule has 2 aliphatic heterocycles. The second-order valence-corrected chi connectivity index (χ2v) is 5.02. The van der Waals surface area contributed by atoms with Crippen LogP contribution in [0.1, 0.15) is 6.04 Å². The Balaban J connectivity index is 1.71. The number of anilines is 1. The number of hydrogen-bond donors (Lipinski definition) is 1. The Hall–Kier alpha value is -2.42. The number of nitrogens with zero attached hydrogens (tertiary/aromatic N) is 7. The third-order valence-corrected chi connectivity index (χ3v) is 3.95. The predicted octanol–water partition coefficient (Wildman–Crippen LogP) is 0.426. The van der Waals surface area contributed by atoms with E-state index in [1.54, 1.807) is 6.33 Å². The van der Waals surface area contributed by atoms with E-state index in [2.05, 4.69) is 25.0 Å². The van der Waals surface area contributed by atoms with E-state index in [-0.39, 0.29) is 24.3 Å². The van der Waals surface area contributed by atoms with Crippen molar-refractivity contribution in [1.82, 2.24) is 19.5 Å². The van der Waals surface area contributed by atoms with Gasteiger partial charge in [-0.25, -0.2) is 15.0 Å². The molecule has 108 valence electrons. The van der Waals surface area contributed by atoms with Crippen LogP contribution in [0.2, 0.25) is 0 Å². The van der Waals surface area contributed by atoms with Gasteiger partial charge in [-0.3, -0.25) is 0 Å². The smallest absolute Gasteiger partial charge is 0.165 e. The zero-order valence-corrected chi connectivity index (χ0v) is 10.9. The molecule has 0 saturated carbocycles. The van der Waals surface area contributed by atoms with Gasteiger partial charge in [0, 0.05) is 4.91 Å². The van der Waals surface area contributed by atoms with Gasteiger partial charge < -0.3 is 19.8 Å². The van der Waals surface area contributed by atoms with E-state index in [0.717, 1.165) is 0 Å².